The first-order valence-electron chi connectivity index (χ1n) is 5.39. The number of rotatable bonds is 3. The summed E-state index contributed by atoms with van der Waals surface area (Å²) in [4.78, 5) is 0. The van der Waals surface area contributed by atoms with Gasteiger partial charge in [-0.05, 0) is 41.5 Å². The minimum atomic E-state index is -0.488. The average molecular weight is 320 g/mol. The summed E-state index contributed by atoms with van der Waals surface area (Å²) in [5.41, 5.74) is 4.01. The van der Waals surface area contributed by atoms with Crippen LogP contribution < -0.4 is 11.3 Å². The molecule has 0 heterocycles. The quantitative estimate of drug-likeness (QED) is 0.652. The number of nitrogens with one attached hydrogen (secondary N) is 1. The van der Waals surface area contributed by atoms with E-state index in [1.54, 1.807) is 24.3 Å². The lowest BCUT2D eigenvalue weighted by molar-refractivity contribution is 0.616. The minimum Gasteiger partial charge on any atom is -0.271 e. The highest BCUT2D eigenvalue weighted by molar-refractivity contribution is 6.33. The summed E-state index contributed by atoms with van der Waals surface area (Å²) < 4.78 is 13.2. The van der Waals surface area contributed by atoms with Crippen LogP contribution in [0.1, 0.15) is 17.2 Å². The predicted molar refractivity (Wildman–Crippen MR) is 77.0 cm³/mol. The topological polar surface area (TPSA) is 38.0 Å². The van der Waals surface area contributed by atoms with E-state index in [1.165, 1.54) is 12.1 Å². The Morgan fingerprint density at radius 3 is 2.37 bits per heavy atom. The second-order valence-corrected chi connectivity index (χ2v) is 5.19. The maximum Gasteiger partial charge on any atom is 0.141 e. The van der Waals surface area contributed by atoms with E-state index in [9.17, 15) is 4.39 Å². The van der Waals surface area contributed by atoms with Gasteiger partial charge in [-0.1, -0.05) is 40.9 Å². The van der Waals surface area contributed by atoms with Gasteiger partial charge in [0.1, 0.15) is 5.82 Å². The molecule has 0 radical (unpaired) electrons. The summed E-state index contributed by atoms with van der Waals surface area (Å²) in [6, 6.07) is 8.99. The molecule has 0 saturated carbocycles. The zero-order valence-electron chi connectivity index (χ0n) is 9.63. The van der Waals surface area contributed by atoms with Crippen molar-refractivity contribution in [3.8, 4) is 0 Å². The number of nitrogens with two attached hydrogens (primary N) is 1. The van der Waals surface area contributed by atoms with Crippen LogP contribution in [-0.4, -0.2) is 0 Å². The lowest BCUT2D eigenvalue weighted by Gasteiger charge is -2.19. The Bertz CT molecular complexity index is 604. The molecule has 2 aromatic rings. The van der Waals surface area contributed by atoms with Crippen LogP contribution in [0.3, 0.4) is 0 Å². The summed E-state index contributed by atoms with van der Waals surface area (Å²) in [6.45, 7) is 0. The molecule has 100 valence electrons. The first kappa shape index (κ1) is 14.6. The van der Waals surface area contributed by atoms with Crippen LogP contribution in [0.5, 0.6) is 0 Å². The molecule has 3 N–H and O–H groups in total. The highest BCUT2D eigenvalue weighted by atomic mass is 35.5. The van der Waals surface area contributed by atoms with E-state index in [0.29, 0.717) is 21.2 Å². The maximum absolute atomic E-state index is 13.2. The molecule has 19 heavy (non-hydrogen) atoms. The molecular formula is C13H10Cl3FN2. The summed E-state index contributed by atoms with van der Waals surface area (Å²) in [6.07, 6.45) is 0. The Hall–Kier alpha value is -0.840. The highest BCUT2D eigenvalue weighted by Crippen LogP contribution is 2.31. The standard InChI is InChI=1S/C13H10Cl3FN2/c14-8-2-3-10(15)9(6-8)13(19-18)7-1-4-12(17)11(16)5-7/h1-6,13,19H,18H2. The van der Waals surface area contributed by atoms with Crippen molar-refractivity contribution < 1.29 is 4.39 Å². The number of hydrazine groups is 1. The van der Waals surface area contributed by atoms with Crippen molar-refractivity contribution in [1.82, 2.24) is 5.43 Å². The van der Waals surface area contributed by atoms with Crippen LogP contribution >= 0.6 is 34.8 Å². The van der Waals surface area contributed by atoms with Gasteiger partial charge in [-0.25, -0.2) is 9.82 Å². The molecule has 0 aliphatic rings. The molecular weight excluding hydrogens is 310 g/mol. The fraction of sp³-hybridized carbons (Fsp3) is 0.0769. The Labute approximate surface area is 125 Å². The van der Waals surface area contributed by atoms with Gasteiger partial charge in [0.15, 0.2) is 0 Å². The monoisotopic (exact) mass is 318 g/mol. The Balaban J connectivity index is 2.49. The average Bonchev–Trinajstić information content (AvgIpc) is 2.38. The second kappa shape index (κ2) is 6.07. The van der Waals surface area contributed by atoms with Gasteiger partial charge in [-0.3, -0.25) is 5.84 Å². The smallest absolute Gasteiger partial charge is 0.141 e. The highest BCUT2D eigenvalue weighted by Gasteiger charge is 2.17. The third-order valence-electron chi connectivity index (χ3n) is 2.71. The molecule has 1 atom stereocenters. The van der Waals surface area contributed by atoms with E-state index < -0.39 is 11.9 Å². The molecule has 0 fully saturated rings. The molecule has 0 amide bonds. The summed E-state index contributed by atoms with van der Waals surface area (Å²) in [7, 11) is 0. The largest absolute Gasteiger partial charge is 0.271 e. The number of hydrogen-bond donors (Lipinski definition) is 2. The molecule has 0 spiro atoms. The molecule has 0 bridgehead atoms. The first-order valence-corrected chi connectivity index (χ1v) is 6.52. The van der Waals surface area contributed by atoms with E-state index in [0.717, 1.165) is 0 Å². The van der Waals surface area contributed by atoms with E-state index in [4.69, 9.17) is 40.6 Å². The molecule has 1 unspecified atom stereocenters. The van der Waals surface area contributed by atoms with Crippen molar-refractivity contribution in [2.24, 2.45) is 5.84 Å². The van der Waals surface area contributed by atoms with E-state index in [2.05, 4.69) is 5.43 Å². The third-order valence-corrected chi connectivity index (χ3v) is 3.58. The van der Waals surface area contributed by atoms with Crippen LogP contribution in [-0.2, 0) is 0 Å². The van der Waals surface area contributed by atoms with Crippen molar-refractivity contribution in [2.75, 3.05) is 0 Å². The Morgan fingerprint density at radius 1 is 1.00 bits per heavy atom. The fourth-order valence-corrected chi connectivity index (χ4v) is 2.39. The normalized spacial score (nSPS) is 12.5. The molecule has 6 heteroatoms. The van der Waals surface area contributed by atoms with E-state index in [1.807, 2.05) is 0 Å². The summed E-state index contributed by atoms with van der Waals surface area (Å²) >= 11 is 17.8. The molecule has 2 nitrogen and oxygen atoms in total. The van der Waals surface area contributed by atoms with Gasteiger partial charge in [-0.15, -0.1) is 0 Å². The van der Waals surface area contributed by atoms with E-state index >= 15 is 0 Å². The molecule has 2 rings (SSSR count). The van der Waals surface area contributed by atoms with Gasteiger partial charge in [0.05, 0.1) is 11.1 Å². The molecule has 0 saturated heterocycles. The van der Waals surface area contributed by atoms with Crippen molar-refractivity contribution >= 4 is 34.8 Å². The van der Waals surface area contributed by atoms with Crippen LogP contribution in [0, 0.1) is 5.82 Å². The van der Waals surface area contributed by atoms with Gasteiger partial charge in [0.2, 0.25) is 0 Å². The van der Waals surface area contributed by atoms with Gasteiger partial charge < -0.3 is 0 Å². The zero-order chi connectivity index (χ0) is 14.0. The summed E-state index contributed by atoms with van der Waals surface area (Å²) in [5, 5.41) is 1.07. The van der Waals surface area contributed by atoms with Gasteiger partial charge in [-0.2, -0.15) is 0 Å². The van der Waals surface area contributed by atoms with Gasteiger partial charge in [0.25, 0.3) is 0 Å². The summed E-state index contributed by atoms with van der Waals surface area (Å²) in [5.74, 6) is 5.07. The first-order chi connectivity index (χ1) is 9.02. The zero-order valence-corrected chi connectivity index (χ0v) is 11.9. The second-order valence-electron chi connectivity index (χ2n) is 3.94. The van der Waals surface area contributed by atoms with Crippen LogP contribution in [0.4, 0.5) is 4.39 Å². The number of benzene rings is 2. The SMILES string of the molecule is NNC(c1ccc(F)c(Cl)c1)c1cc(Cl)ccc1Cl. The van der Waals surface area contributed by atoms with Crippen LogP contribution in [0.25, 0.3) is 0 Å². The van der Waals surface area contributed by atoms with Crippen LogP contribution in [0.15, 0.2) is 36.4 Å². The van der Waals surface area contributed by atoms with Crippen molar-refractivity contribution in [3.05, 3.63) is 68.4 Å². The number of hydrogen-bond acceptors (Lipinski definition) is 2. The maximum atomic E-state index is 13.2. The molecule has 0 aliphatic carbocycles. The Kier molecular flexibility index (Phi) is 4.66. The molecule has 2 aromatic carbocycles. The van der Waals surface area contributed by atoms with Crippen molar-refractivity contribution in [1.29, 1.82) is 0 Å². The fourth-order valence-electron chi connectivity index (χ4n) is 1.79. The van der Waals surface area contributed by atoms with Gasteiger partial charge >= 0.3 is 0 Å². The lowest BCUT2D eigenvalue weighted by Crippen LogP contribution is -2.29. The van der Waals surface area contributed by atoms with Crippen molar-refractivity contribution in [2.45, 2.75) is 6.04 Å². The predicted octanol–water partition coefficient (Wildman–Crippen LogP) is 4.34. The third kappa shape index (κ3) is 3.19. The lowest BCUT2D eigenvalue weighted by atomic mass is 9.99. The molecule has 0 aromatic heterocycles. The van der Waals surface area contributed by atoms with Crippen molar-refractivity contribution in [3.63, 3.8) is 0 Å². The Morgan fingerprint density at radius 2 is 1.74 bits per heavy atom. The number of halogens is 4. The van der Waals surface area contributed by atoms with E-state index in [-0.39, 0.29) is 5.02 Å². The molecule has 0 aliphatic heterocycles. The minimum absolute atomic E-state index is 0.0240. The van der Waals surface area contributed by atoms with Crippen LogP contribution in [0.2, 0.25) is 15.1 Å². The van der Waals surface area contributed by atoms with Gasteiger partial charge in [0, 0.05) is 10.0 Å².